The molecule has 0 spiro atoms. The van der Waals surface area contributed by atoms with Crippen molar-refractivity contribution in [2.45, 2.75) is 302 Å². The number of allylic oxidation sites excluding steroid dienone is 18. The molecule has 12 nitrogen and oxygen atoms in total. The summed E-state index contributed by atoms with van der Waals surface area (Å²) < 4.78 is 28.5. The number of ether oxygens (including phenoxy) is 5. The molecule has 0 aromatic rings. The lowest BCUT2D eigenvalue weighted by atomic mass is 9.98. The van der Waals surface area contributed by atoms with Gasteiger partial charge < -0.3 is 39.0 Å². The van der Waals surface area contributed by atoms with Gasteiger partial charge in [0, 0.05) is 19.3 Å². The summed E-state index contributed by atoms with van der Waals surface area (Å²) >= 11 is 0. The molecular weight excluding hydrogens is 1040 g/mol. The van der Waals surface area contributed by atoms with E-state index in [1.165, 1.54) is 51.4 Å². The lowest BCUT2D eigenvalue weighted by molar-refractivity contribution is -0.301. The number of hydrogen-bond acceptors (Lipinski definition) is 11. The van der Waals surface area contributed by atoms with E-state index < -0.39 is 67.3 Å². The van der Waals surface area contributed by atoms with Gasteiger partial charge in [-0.1, -0.05) is 226 Å². The van der Waals surface area contributed by atoms with Crippen LogP contribution in [-0.4, -0.2) is 89.2 Å². The smallest absolute Gasteiger partial charge is 0.335 e. The Bertz CT molecular complexity index is 1860. The molecule has 12 heteroatoms. The van der Waals surface area contributed by atoms with Gasteiger partial charge >= 0.3 is 23.9 Å². The van der Waals surface area contributed by atoms with Gasteiger partial charge in [0.15, 0.2) is 24.6 Å². The first kappa shape index (κ1) is 76.4. The Morgan fingerprint density at radius 2 is 0.759 bits per heavy atom. The number of aliphatic hydroxyl groups excluding tert-OH is 2. The van der Waals surface area contributed by atoms with Crippen molar-refractivity contribution in [3.63, 3.8) is 0 Å². The summed E-state index contributed by atoms with van der Waals surface area (Å²) in [6, 6.07) is 0. The number of unbranched alkanes of at least 4 members (excludes halogenated alkanes) is 23. The molecule has 83 heavy (non-hydrogen) atoms. The minimum atomic E-state index is -1.92. The van der Waals surface area contributed by atoms with E-state index in [1.54, 1.807) is 0 Å². The fourth-order valence-corrected chi connectivity index (χ4v) is 9.28. The zero-order valence-corrected chi connectivity index (χ0v) is 52.2. The zero-order chi connectivity index (χ0) is 60.3. The Labute approximate surface area is 504 Å². The maximum atomic E-state index is 13.2. The number of aliphatic carboxylic acids is 1. The number of carboxylic acid groups (broad SMARTS) is 1. The Morgan fingerprint density at radius 1 is 0.410 bits per heavy atom. The summed E-state index contributed by atoms with van der Waals surface area (Å²) in [5, 5.41) is 31.6. The van der Waals surface area contributed by atoms with E-state index in [0.717, 1.165) is 154 Å². The predicted molar refractivity (Wildman–Crippen MR) is 340 cm³/mol. The van der Waals surface area contributed by atoms with Gasteiger partial charge in [-0.05, 0) is 128 Å². The first-order valence-corrected chi connectivity index (χ1v) is 32.9. The maximum Gasteiger partial charge on any atom is 0.335 e. The van der Waals surface area contributed by atoms with Gasteiger partial charge in [0.25, 0.3) is 0 Å². The van der Waals surface area contributed by atoms with Crippen molar-refractivity contribution in [2.75, 3.05) is 13.2 Å². The molecule has 1 saturated heterocycles. The summed E-state index contributed by atoms with van der Waals surface area (Å²) in [6.45, 7) is 5.81. The number of carbonyl (C=O) groups is 4. The standard InChI is InChI=1S/C71H116O12/c1-4-7-10-13-16-19-22-25-28-30-32-34-37-39-42-45-48-51-54-57-63(72)79-60-62(81-64(73)58-55-52-49-46-43-41-38-35-33-31-29-26-23-20-17-14-11-8-5-2)61-80-71-69(67(76)66(75)68(83-71)70(77)78)82-65(74)59-56-53-50-47-44-40-36-27-24-21-18-15-12-9-6-3/h9,12,16-21,25-29,32-36,62,66-69,71,75-76H,4-8,10-11,13-15,22-24,30-31,37-61H2,1-3H3,(H,77,78)/b12-9-,19-16-,20-17-,21-18-,28-25-,29-26-,34-32-,35-33-,36-27-. The molecule has 6 atom stereocenters. The number of hydrogen-bond donors (Lipinski definition) is 3. The van der Waals surface area contributed by atoms with E-state index in [9.17, 15) is 34.5 Å². The van der Waals surface area contributed by atoms with Gasteiger partial charge in [0.05, 0.1) is 6.61 Å². The SMILES string of the molecule is CC/C=C\C/C=C\C/C=C\CCCCCCCC(=O)OC1C(OCC(COC(=O)CCCCCCCC/C=C\C/C=C\C/C=C\CCCCC)OC(=O)CCCCCCCC/C=C\C/C=C\C/C=C\CCCCC)OC(C(=O)O)C(O)C1O. The van der Waals surface area contributed by atoms with Gasteiger partial charge in [-0.25, -0.2) is 4.79 Å². The number of rotatable bonds is 55. The van der Waals surface area contributed by atoms with Gasteiger partial charge in [0.1, 0.15) is 18.8 Å². The summed E-state index contributed by atoms with van der Waals surface area (Å²) in [6.07, 6.45) is 66.1. The third-order valence-corrected chi connectivity index (χ3v) is 14.3. The van der Waals surface area contributed by atoms with Crippen LogP contribution in [0, 0.1) is 0 Å². The van der Waals surface area contributed by atoms with Crippen LogP contribution in [0.2, 0.25) is 0 Å². The van der Waals surface area contributed by atoms with Crippen molar-refractivity contribution in [2.24, 2.45) is 0 Å². The molecule has 0 aromatic carbocycles. The molecule has 0 aromatic heterocycles. The largest absolute Gasteiger partial charge is 0.479 e. The molecule has 1 fully saturated rings. The van der Waals surface area contributed by atoms with Gasteiger partial charge in [-0.2, -0.15) is 0 Å². The number of esters is 3. The van der Waals surface area contributed by atoms with Crippen LogP contribution in [-0.2, 0) is 42.9 Å². The Kier molecular flexibility index (Phi) is 53.2. The molecule has 0 bridgehead atoms. The lowest BCUT2D eigenvalue weighted by Crippen LogP contribution is -2.61. The van der Waals surface area contributed by atoms with Crippen LogP contribution in [0.4, 0.5) is 0 Å². The molecule has 472 valence electrons. The molecule has 1 rings (SSSR count). The molecule has 6 unspecified atom stereocenters. The Morgan fingerprint density at radius 3 is 1.16 bits per heavy atom. The number of carbonyl (C=O) groups excluding carboxylic acids is 3. The molecule has 0 saturated carbocycles. The van der Waals surface area contributed by atoms with Crippen molar-refractivity contribution in [3.8, 4) is 0 Å². The first-order chi connectivity index (χ1) is 40.6. The highest BCUT2D eigenvalue weighted by molar-refractivity contribution is 5.74. The fraction of sp³-hybridized carbons (Fsp3) is 0.690. The van der Waals surface area contributed by atoms with Crippen molar-refractivity contribution >= 4 is 23.9 Å². The zero-order valence-electron chi connectivity index (χ0n) is 52.2. The Hall–Kier alpha value is -4.62. The van der Waals surface area contributed by atoms with Crippen molar-refractivity contribution in [1.29, 1.82) is 0 Å². The van der Waals surface area contributed by atoms with Crippen LogP contribution >= 0.6 is 0 Å². The van der Waals surface area contributed by atoms with Gasteiger partial charge in [-0.15, -0.1) is 0 Å². The van der Waals surface area contributed by atoms with E-state index in [0.29, 0.717) is 19.3 Å². The van der Waals surface area contributed by atoms with Crippen LogP contribution in [0.3, 0.4) is 0 Å². The average Bonchev–Trinajstić information content (AvgIpc) is 3.57. The number of carboxylic acids is 1. The third-order valence-electron chi connectivity index (χ3n) is 14.3. The van der Waals surface area contributed by atoms with Crippen LogP contribution < -0.4 is 0 Å². The van der Waals surface area contributed by atoms with E-state index in [2.05, 4.69) is 130 Å². The second-order valence-corrected chi connectivity index (χ2v) is 22.0. The van der Waals surface area contributed by atoms with Crippen LogP contribution in [0.1, 0.15) is 265 Å². The van der Waals surface area contributed by atoms with Crippen LogP contribution in [0.5, 0.6) is 0 Å². The minimum Gasteiger partial charge on any atom is -0.479 e. The second-order valence-electron chi connectivity index (χ2n) is 22.0. The fourth-order valence-electron chi connectivity index (χ4n) is 9.28. The van der Waals surface area contributed by atoms with Crippen molar-refractivity contribution < 1.29 is 58.2 Å². The molecule has 3 N–H and O–H groups in total. The van der Waals surface area contributed by atoms with Crippen LogP contribution in [0.15, 0.2) is 109 Å². The highest BCUT2D eigenvalue weighted by Crippen LogP contribution is 2.26. The minimum absolute atomic E-state index is 0.0331. The molecule has 0 aliphatic carbocycles. The van der Waals surface area contributed by atoms with Crippen molar-refractivity contribution in [1.82, 2.24) is 0 Å². The highest BCUT2D eigenvalue weighted by Gasteiger charge is 2.50. The average molecular weight is 1160 g/mol. The first-order valence-electron chi connectivity index (χ1n) is 32.9. The predicted octanol–water partition coefficient (Wildman–Crippen LogP) is 17.8. The summed E-state index contributed by atoms with van der Waals surface area (Å²) in [5.41, 5.74) is 0. The molecule has 1 heterocycles. The van der Waals surface area contributed by atoms with Gasteiger partial charge in [-0.3, -0.25) is 14.4 Å². The molecule has 0 amide bonds. The summed E-state index contributed by atoms with van der Waals surface area (Å²) in [4.78, 5) is 51.4. The van der Waals surface area contributed by atoms with E-state index in [-0.39, 0.29) is 25.9 Å². The summed E-state index contributed by atoms with van der Waals surface area (Å²) in [5.74, 6) is -3.18. The monoisotopic (exact) mass is 1160 g/mol. The van der Waals surface area contributed by atoms with E-state index >= 15 is 0 Å². The lowest BCUT2D eigenvalue weighted by Gasteiger charge is -2.40. The highest BCUT2D eigenvalue weighted by atomic mass is 16.7. The molecule has 0 radical (unpaired) electrons. The normalized spacial score (nSPS) is 18.3. The van der Waals surface area contributed by atoms with E-state index in [1.807, 2.05) is 0 Å². The quantitative estimate of drug-likeness (QED) is 0.0228. The molecule has 1 aliphatic heterocycles. The molecular formula is C71H116O12. The van der Waals surface area contributed by atoms with Crippen molar-refractivity contribution in [3.05, 3.63) is 109 Å². The van der Waals surface area contributed by atoms with Gasteiger partial charge in [0.2, 0.25) is 0 Å². The topological polar surface area (TPSA) is 175 Å². The summed E-state index contributed by atoms with van der Waals surface area (Å²) in [7, 11) is 0. The second kappa shape index (κ2) is 57.8. The molecule has 1 aliphatic rings. The van der Waals surface area contributed by atoms with E-state index in [4.69, 9.17) is 23.7 Å². The Balaban J connectivity index is 2.69. The third kappa shape index (κ3) is 47.3. The van der Waals surface area contributed by atoms with Crippen LogP contribution in [0.25, 0.3) is 0 Å². The number of aliphatic hydroxyl groups is 2. The maximum absolute atomic E-state index is 13.2.